The standard InChI is InChI=1S/C21H20N4O3/c26-16-10-15(17-6-3-9-28-17)20(25-12-22-11-24-25)21(27)18(16)19-14-5-2-1-4-13(14)7-8-23-19/h1-6,9,11-12,15,19-20,23,27H,7-8,10H2/t15-,19-,20+/m1/s1. The van der Waals surface area contributed by atoms with Gasteiger partial charge in [-0.25, -0.2) is 9.67 Å². The molecule has 0 spiro atoms. The summed E-state index contributed by atoms with van der Waals surface area (Å²) in [6.45, 7) is 0.751. The number of nitrogens with one attached hydrogen (secondary N) is 1. The number of furan rings is 1. The summed E-state index contributed by atoms with van der Waals surface area (Å²) in [5, 5.41) is 19.0. The number of aliphatic hydroxyl groups excluding tert-OH is 1. The number of allylic oxidation sites excluding steroid dienone is 1. The van der Waals surface area contributed by atoms with Crippen molar-refractivity contribution in [3.63, 3.8) is 0 Å². The number of ketones is 1. The fourth-order valence-electron chi connectivity index (χ4n) is 4.41. The van der Waals surface area contributed by atoms with Crippen LogP contribution in [0.25, 0.3) is 0 Å². The number of nitrogens with zero attached hydrogens (tertiary/aromatic N) is 3. The van der Waals surface area contributed by atoms with Crippen molar-refractivity contribution in [1.82, 2.24) is 20.1 Å². The van der Waals surface area contributed by atoms with Gasteiger partial charge in [0.1, 0.15) is 30.2 Å². The third-order valence-corrected chi connectivity index (χ3v) is 5.67. The van der Waals surface area contributed by atoms with E-state index >= 15 is 0 Å². The molecule has 142 valence electrons. The van der Waals surface area contributed by atoms with Crippen molar-refractivity contribution in [2.45, 2.75) is 30.8 Å². The molecule has 3 heterocycles. The number of aromatic nitrogens is 3. The van der Waals surface area contributed by atoms with E-state index in [9.17, 15) is 9.90 Å². The van der Waals surface area contributed by atoms with Gasteiger partial charge in [-0.3, -0.25) is 4.79 Å². The molecule has 1 aliphatic carbocycles. The number of rotatable bonds is 3. The van der Waals surface area contributed by atoms with Crippen LogP contribution in [0.3, 0.4) is 0 Å². The Morgan fingerprint density at radius 3 is 2.89 bits per heavy atom. The van der Waals surface area contributed by atoms with E-state index < -0.39 is 6.04 Å². The van der Waals surface area contributed by atoms with E-state index in [-0.39, 0.29) is 29.9 Å². The quantitative estimate of drug-likeness (QED) is 0.730. The SMILES string of the molecule is O=C1C[C@H](c2ccco2)[C@H](n2cncn2)C(O)=C1[C@@H]1NCCc2ccccc21. The van der Waals surface area contributed by atoms with Crippen molar-refractivity contribution in [3.8, 4) is 0 Å². The summed E-state index contributed by atoms with van der Waals surface area (Å²) in [6.07, 6.45) is 5.70. The van der Waals surface area contributed by atoms with E-state index in [2.05, 4.69) is 21.5 Å². The number of hydrogen-bond donors (Lipinski definition) is 2. The summed E-state index contributed by atoms with van der Waals surface area (Å²) in [5.74, 6) is 0.255. The number of benzene rings is 1. The fraction of sp³-hybridized carbons (Fsp3) is 0.286. The first kappa shape index (κ1) is 16.9. The summed E-state index contributed by atoms with van der Waals surface area (Å²) in [4.78, 5) is 17.2. The van der Waals surface area contributed by atoms with Crippen molar-refractivity contribution in [2.75, 3.05) is 6.54 Å². The third kappa shape index (κ3) is 2.66. The van der Waals surface area contributed by atoms with Gasteiger partial charge in [0, 0.05) is 13.0 Å². The van der Waals surface area contributed by atoms with Crippen molar-refractivity contribution in [2.24, 2.45) is 0 Å². The van der Waals surface area contributed by atoms with Gasteiger partial charge >= 0.3 is 0 Å². The number of hydrogen-bond acceptors (Lipinski definition) is 6. The zero-order chi connectivity index (χ0) is 19.1. The Kier molecular flexibility index (Phi) is 4.09. The van der Waals surface area contributed by atoms with E-state index in [1.54, 1.807) is 23.3 Å². The van der Waals surface area contributed by atoms with Gasteiger partial charge in [0.2, 0.25) is 0 Å². The van der Waals surface area contributed by atoms with Crippen LogP contribution in [0.1, 0.15) is 41.3 Å². The van der Waals surface area contributed by atoms with Gasteiger partial charge in [-0.15, -0.1) is 0 Å². The van der Waals surface area contributed by atoms with Gasteiger partial charge in [-0.05, 0) is 29.7 Å². The number of aliphatic hydroxyl groups is 1. The highest BCUT2D eigenvalue weighted by Crippen LogP contribution is 2.45. The maximum absolute atomic E-state index is 13.2. The van der Waals surface area contributed by atoms with Gasteiger partial charge in [0.25, 0.3) is 0 Å². The molecule has 3 aromatic rings. The van der Waals surface area contributed by atoms with Crippen LogP contribution in [-0.2, 0) is 11.2 Å². The molecule has 2 aliphatic rings. The van der Waals surface area contributed by atoms with E-state index in [1.165, 1.54) is 11.9 Å². The maximum Gasteiger partial charge on any atom is 0.165 e. The molecule has 1 aliphatic heterocycles. The van der Waals surface area contributed by atoms with Crippen molar-refractivity contribution >= 4 is 5.78 Å². The highest BCUT2D eigenvalue weighted by molar-refractivity contribution is 5.99. The summed E-state index contributed by atoms with van der Waals surface area (Å²) in [7, 11) is 0. The second kappa shape index (κ2) is 6.76. The minimum Gasteiger partial charge on any atom is -0.510 e. The van der Waals surface area contributed by atoms with Crippen LogP contribution < -0.4 is 5.32 Å². The zero-order valence-electron chi connectivity index (χ0n) is 15.2. The van der Waals surface area contributed by atoms with Crippen LogP contribution in [-0.4, -0.2) is 32.2 Å². The van der Waals surface area contributed by atoms with Crippen LogP contribution in [0, 0.1) is 0 Å². The Morgan fingerprint density at radius 1 is 1.21 bits per heavy atom. The predicted octanol–water partition coefficient (Wildman–Crippen LogP) is 2.87. The average molecular weight is 376 g/mol. The first-order valence-electron chi connectivity index (χ1n) is 9.39. The highest BCUT2D eigenvalue weighted by atomic mass is 16.3. The number of carbonyl (C=O) groups is 1. The Hall–Kier alpha value is -3.19. The van der Waals surface area contributed by atoms with Gasteiger partial charge in [-0.2, -0.15) is 5.10 Å². The monoisotopic (exact) mass is 376 g/mol. The molecular weight excluding hydrogens is 356 g/mol. The molecule has 0 bridgehead atoms. The summed E-state index contributed by atoms with van der Waals surface area (Å²) in [6, 6.07) is 10.8. The first-order valence-corrected chi connectivity index (χ1v) is 9.39. The van der Waals surface area contributed by atoms with Crippen LogP contribution in [0.15, 0.2) is 71.1 Å². The average Bonchev–Trinajstić information content (AvgIpc) is 3.42. The lowest BCUT2D eigenvalue weighted by Crippen LogP contribution is -2.38. The Labute approximate surface area is 161 Å². The summed E-state index contributed by atoms with van der Waals surface area (Å²) >= 11 is 0. The van der Waals surface area contributed by atoms with E-state index in [0.717, 1.165) is 18.5 Å². The predicted molar refractivity (Wildman–Crippen MR) is 101 cm³/mol. The molecule has 2 aromatic heterocycles. The topological polar surface area (TPSA) is 93.2 Å². The molecule has 7 nitrogen and oxygen atoms in total. The lowest BCUT2D eigenvalue weighted by molar-refractivity contribution is -0.117. The van der Waals surface area contributed by atoms with Crippen molar-refractivity contribution in [3.05, 3.63) is 83.5 Å². The van der Waals surface area contributed by atoms with Crippen molar-refractivity contribution < 1.29 is 14.3 Å². The number of fused-ring (bicyclic) bond motifs is 1. The Morgan fingerprint density at radius 2 is 2.11 bits per heavy atom. The van der Waals surface area contributed by atoms with Gasteiger partial charge in [-0.1, -0.05) is 24.3 Å². The van der Waals surface area contributed by atoms with E-state index in [4.69, 9.17) is 4.42 Å². The number of carbonyl (C=O) groups excluding carboxylic acids is 1. The first-order chi connectivity index (χ1) is 13.7. The molecule has 0 amide bonds. The third-order valence-electron chi connectivity index (χ3n) is 5.67. The molecule has 0 fully saturated rings. The molecular formula is C21H20N4O3. The summed E-state index contributed by atoms with van der Waals surface area (Å²) < 4.78 is 7.17. The normalized spacial score (nSPS) is 25.0. The largest absolute Gasteiger partial charge is 0.510 e. The van der Waals surface area contributed by atoms with E-state index in [0.29, 0.717) is 11.3 Å². The van der Waals surface area contributed by atoms with Crippen molar-refractivity contribution in [1.29, 1.82) is 0 Å². The lowest BCUT2D eigenvalue weighted by Gasteiger charge is -2.35. The van der Waals surface area contributed by atoms with Crippen LogP contribution >= 0.6 is 0 Å². The molecule has 0 saturated carbocycles. The Balaban J connectivity index is 1.65. The molecule has 0 radical (unpaired) electrons. The van der Waals surface area contributed by atoms with Gasteiger partial charge in [0.15, 0.2) is 5.78 Å². The smallest absolute Gasteiger partial charge is 0.165 e. The highest BCUT2D eigenvalue weighted by Gasteiger charge is 2.43. The molecule has 3 atom stereocenters. The second-order valence-electron chi connectivity index (χ2n) is 7.20. The zero-order valence-corrected chi connectivity index (χ0v) is 15.2. The second-order valence-corrected chi connectivity index (χ2v) is 7.20. The van der Waals surface area contributed by atoms with E-state index in [1.807, 2.05) is 24.3 Å². The minimum absolute atomic E-state index is 0.0253. The number of Topliss-reactive ketones (excluding diaryl/α,β-unsaturated/α-hetero) is 1. The Bertz CT molecular complexity index is 1020. The molecule has 1 aromatic carbocycles. The summed E-state index contributed by atoms with van der Waals surface area (Å²) in [5.41, 5.74) is 2.65. The molecule has 0 unspecified atom stereocenters. The van der Waals surface area contributed by atoms with Crippen LogP contribution in [0.5, 0.6) is 0 Å². The molecule has 7 heteroatoms. The molecule has 28 heavy (non-hydrogen) atoms. The maximum atomic E-state index is 13.2. The van der Waals surface area contributed by atoms with Gasteiger partial charge in [0.05, 0.1) is 23.8 Å². The minimum atomic E-state index is -0.544. The van der Waals surface area contributed by atoms with Crippen LogP contribution in [0.4, 0.5) is 0 Å². The molecule has 2 N–H and O–H groups in total. The molecule has 0 saturated heterocycles. The van der Waals surface area contributed by atoms with Gasteiger partial charge < -0.3 is 14.8 Å². The molecule has 5 rings (SSSR count). The fourth-order valence-corrected chi connectivity index (χ4v) is 4.41. The van der Waals surface area contributed by atoms with Crippen LogP contribution in [0.2, 0.25) is 0 Å². The lowest BCUT2D eigenvalue weighted by atomic mass is 9.76.